The molecule has 1 atom stereocenters. The summed E-state index contributed by atoms with van der Waals surface area (Å²) in [6.45, 7) is 0.417. The summed E-state index contributed by atoms with van der Waals surface area (Å²) < 4.78 is 0. The molecule has 0 aromatic heterocycles. The summed E-state index contributed by atoms with van der Waals surface area (Å²) in [6.07, 6.45) is 6.48. The summed E-state index contributed by atoms with van der Waals surface area (Å²) in [5.41, 5.74) is 2.07. The number of amides is 1. The van der Waals surface area contributed by atoms with Crippen molar-refractivity contribution < 1.29 is 9.90 Å². The zero-order valence-corrected chi connectivity index (χ0v) is 11.9. The van der Waals surface area contributed by atoms with Gasteiger partial charge in [-0.3, -0.25) is 4.79 Å². The number of rotatable bonds is 4. The van der Waals surface area contributed by atoms with Crippen molar-refractivity contribution in [1.82, 2.24) is 5.32 Å². The number of aliphatic hydroxyl groups is 1. The van der Waals surface area contributed by atoms with E-state index in [1.807, 2.05) is 0 Å². The normalized spacial score (nSPS) is 23.6. The smallest absolute Gasteiger partial charge is 0.220 e. The summed E-state index contributed by atoms with van der Waals surface area (Å²) in [4.78, 5) is 12.1. The van der Waals surface area contributed by atoms with Crippen molar-refractivity contribution >= 4 is 5.91 Å². The standard InChI is InChI=1S/C17H23NO2/c19-16(18-12-17(20)9-3-4-10-17)11-14-8-7-13-5-1-2-6-15(13)14/h1-2,5-6,14,20H,3-4,7-12H2,(H,18,19). The van der Waals surface area contributed by atoms with Crippen LogP contribution < -0.4 is 5.32 Å². The second-order valence-corrected chi connectivity index (χ2v) is 6.35. The van der Waals surface area contributed by atoms with Crippen LogP contribution in [0.25, 0.3) is 0 Å². The van der Waals surface area contributed by atoms with Gasteiger partial charge in [0, 0.05) is 13.0 Å². The van der Waals surface area contributed by atoms with E-state index in [0.29, 0.717) is 18.9 Å². The van der Waals surface area contributed by atoms with Crippen LogP contribution in [0.5, 0.6) is 0 Å². The lowest BCUT2D eigenvalue weighted by Crippen LogP contribution is -2.41. The van der Waals surface area contributed by atoms with Crippen LogP contribution in [-0.2, 0) is 11.2 Å². The lowest BCUT2D eigenvalue weighted by atomic mass is 9.97. The zero-order valence-electron chi connectivity index (χ0n) is 11.9. The first-order chi connectivity index (χ1) is 9.66. The first-order valence-electron chi connectivity index (χ1n) is 7.73. The SMILES string of the molecule is O=C(CC1CCc2ccccc21)NCC1(O)CCCC1. The lowest BCUT2D eigenvalue weighted by Gasteiger charge is -2.23. The van der Waals surface area contributed by atoms with Gasteiger partial charge in [0.1, 0.15) is 0 Å². The van der Waals surface area contributed by atoms with Crippen molar-refractivity contribution in [3.8, 4) is 0 Å². The van der Waals surface area contributed by atoms with Gasteiger partial charge in [0.05, 0.1) is 5.60 Å². The van der Waals surface area contributed by atoms with E-state index in [-0.39, 0.29) is 5.91 Å². The molecule has 1 amide bonds. The number of aryl methyl sites for hydroxylation is 1. The molecule has 0 aliphatic heterocycles. The van der Waals surface area contributed by atoms with Gasteiger partial charge in [-0.2, -0.15) is 0 Å². The second kappa shape index (κ2) is 5.57. The predicted molar refractivity (Wildman–Crippen MR) is 78.5 cm³/mol. The van der Waals surface area contributed by atoms with Gasteiger partial charge in [-0.1, -0.05) is 37.1 Å². The third-order valence-corrected chi connectivity index (χ3v) is 4.84. The number of nitrogens with one attached hydrogen (secondary N) is 1. The molecule has 0 spiro atoms. The maximum atomic E-state index is 12.1. The molecular weight excluding hydrogens is 250 g/mol. The van der Waals surface area contributed by atoms with E-state index in [4.69, 9.17) is 0 Å². The van der Waals surface area contributed by atoms with Gasteiger partial charge < -0.3 is 10.4 Å². The van der Waals surface area contributed by atoms with Crippen molar-refractivity contribution in [2.24, 2.45) is 0 Å². The van der Waals surface area contributed by atoms with E-state index >= 15 is 0 Å². The molecule has 0 radical (unpaired) electrons. The Balaban J connectivity index is 1.53. The van der Waals surface area contributed by atoms with Gasteiger partial charge in [0.2, 0.25) is 5.91 Å². The molecule has 1 unspecified atom stereocenters. The van der Waals surface area contributed by atoms with Crippen molar-refractivity contribution in [2.75, 3.05) is 6.54 Å². The summed E-state index contributed by atoms with van der Waals surface area (Å²) in [7, 11) is 0. The molecule has 2 N–H and O–H groups in total. The minimum Gasteiger partial charge on any atom is -0.388 e. The van der Waals surface area contributed by atoms with E-state index in [1.165, 1.54) is 11.1 Å². The molecular formula is C17H23NO2. The van der Waals surface area contributed by atoms with Gasteiger partial charge in [-0.15, -0.1) is 0 Å². The summed E-state index contributed by atoms with van der Waals surface area (Å²) >= 11 is 0. The quantitative estimate of drug-likeness (QED) is 0.885. The molecule has 1 saturated carbocycles. The van der Waals surface area contributed by atoms with E-state index in [1.54, 1.807) is 0 Å². The molecule has 3 heteroatoms. The predicted octanol–water partition coefficient (Wildman–Crippen LogP) is 2.53. The van der Waals surface area contributed by atoms with E-state index < -0.39 is 5.60 Å². The summed E-state index contributed by atoms with van der Waals surface area (Å²) in [5, 5.41) is 13.2. The van der Waals surface area contributed by atoms with Crippen LogP contribution in [-0.4, -0.2) is 23.2 Å². The largest absolute Gasteiger partial charge is 0.388 e. The Labute approximate surface area is 120 Å². The molecule has 1 fully saturated rings. The Kier molecular flexibility index (Phi) is 3.79. The van der Waals surface area contributed by atoms with Crippen LogP contribution >= 0.6 is 0 Å². The minimum atomic E-state index is -0.650. The summed E-state index contributed by atoms with van der Waals surface area (Å²) in [6, 6.07) is 8.42. The van der Waals surface area contributed by atoms with E-state index in [2.05, 4.69) is 29.6 Å². The Hall–Kier alpha value is -1.35. The molecule has 3 rings (SSSR count). The van der Waals surface area contributed by atoms with Gasteiger partial charge in [-0.25, -0.2) is 0 Å². The molecule has 2 aliphatic carbocycles. The van der Waals surface area contributed by atoms with Crippen LogP contribution in [0.4, 0.5) is 0 Å². The Morgan fingerprint density at radius 2 is 2.05 bits per heavy atom. The summed E-state index contributed by atoms with van der Waals surface area (Å²) in [5.74, 6) is 0.427. The van der Waals surface area contributed by atoms with Crippen LogP contribution in [0.15, 0.2) is 24.3 Å². The number of hydrogen-bond donors (Lipinski definition) is 2. The van der Waals surface area contributed by atoms with Gasteiger partial charge in [-0.05, 0) is 42.7 Å². The van der Waals surface area contributed by atoms with Gasteiger partial charge >= 0.3 is 0 Å². The van der Waals surface area contributed by atoms with Gasteiger partial charge in [0.15, 0.2) is 0 Å². The van der Waals surface area contributed by atoms with Crippen molar-refractivity contribution in [3.63, 3.8) is 0 Å². The number of benzene rings is 1. The minimum absolute atomic E-state index is 0.0760. The maximum Gasteiger partial charge on any atom is 0.220 e. The monoisotopic (exact) mass is 273 g/mol. The fraction of sp³-hybridized carbons (Fsp3) is 0.588. The number of hydrogen-bond acceptors (Lipinski definition) is 2. The van der Waals surface area contributed by atoms with Crippen LogP contribution in [0, 0.1) is 0 Å². The third kappa shape index (κ3) is 2.88. The molecule has 20 heavy (non-hydrogen) atoms. The average Bonchev–Trinajstić information content (AvgIpc) is 3.05. The average molecular weight is 273 g/mol. The highest BCUT2D eigenvalue weighted by Crippen LogP contribution is 2.35. The fourth-order valence-corrected chi connectivity index (χ4v) is 3.63. The van der Waals surface area contributed by atoms with Crippen LogP contribution in [0.2, 0.25) is 0 Å². The molecule has 1 aromatic rings. The molecule has 0 saturated heterocycles. The number of carbonyl (C=O) groups is 1. The van der Waals surface area contributed by atoms with Gasteiger partial charge in [0.25, 0.3) is 0 Å². The second-order valence-electron chi connectivity index (χ2n) is 6.35. The Morgan fingerprint density at radius 3 is 2.85 bits per heavy atom. The topological polar surface area (TPSA) is 49.3 Å². The molecule has 2 aliphatic rings. The Morgan fingerprint density at radius 1 is 1.30 bits per heavy atom. The zero-order chi connectivity index (χ0) is 14.0. The molecule has 108 valence electrons. The highest BCUT2D eigenvalue weighted by Gasteiger charge is 2.32. The first-order valence-corrected chi connectivity index (χ1v) is 7.73. The number of carbonyl (C=O) groups excluding carboxylic acids is 1. The van der Waals surface area contributed by atoms with Crippen molar-refractivity contribution in [1.29, 1.82) is 0 Å². The lowest BCUT2D eigenvalue weighted by molar-refractivity contribution is -0.122. The highest BCUT2D eigenvalue weighted by atomic mass is 16.3. The molecule has 0 heterocycles. The van der Waals surface area contributed by atoms with Crippen LogP contribution in [0.1, 0.15) is 55.6 Å². The van der Waals surface area contributed by atoms with E-state index in [0.717, 1.165) is 38.5 Å². The number of fused-ring (bicyclic) bond motifs is 1. The Bertz CT molecular complexity index is 492. The van der Waals surface area contributed by atoms with E-state index in [9.17, 15) is 9.90 Å². The molecule has 3 nitrogen and oxygen atoms in total. The van der Waals surface area contributed by atoms with Crippen LogP contribution in [0.3, 0.4) is 0 Å². The van der Waals surface area contributed by atoms with Crippen molar-refractivity contribution in [3.05, 3.63) is 35.4 Å². The molecule has 0 bridgehead atoms. The molecule has 1 aromatic carbocycles. The first kappa shape index (κ1) is 13.6. The third-order valence-electron chi connectivity index (χ3n) is 4.84. The fourth-order valence-electron chi connectivity index (χ4n) is 3.63. The highest BCUT2D eigenvalue weighted by molar-refractivity contribution is 5.77. The maximum absolute atomic E-state index is 12.1. The van der Waals surface area contributed by atoms with Crippen molar-refractivity contribution in [2.45, 2.75) is 56.5 Å².